The van der Waals surface area contributed by atoms with Crippen molar-refractivity contribution in [3.8, 4) is 23.0 Å². The van der Waals surface area contributed by atoms with Crippen molar-refractivity contribution in [2.45, 2.75) is 37.8 Å². The Morgan fingerprint density at radius 1 is 0.667 bits per heavy atom. The van der Waals surface area contributed by atoms with E-state index in [2.05, 4.69) is 10.6 Å². The molecule has 0 bridgehead atoms. The number of hydrogen-bond donors (Lipinski definition) is 2. The van der Waals surface area contributed by atoms with Crippen molar-refractivity contribution in [3.05, 3.63) is 47.5 Å². The van der Waals surface area contributed by atoms with E-state index in [9.17, 15) is 9.59 Å². The molecule has 1 aliphatic carbocycles. The Hall–Kier alpha value is -3.42. The van der Waals surface area contributed by atoms with Crippen molar-refractivity contribution in [2.75, 3.05) is 13.6 Å². The molecule has 2 aromatic rings. The molecule has 2 atom stereocenters. The number of amides is 2. The highest BCUT2D eigenvalue weighted by Crippen LogP contribution is 2.33. The summed E-state index contributed by atoms with van der Waals surface area (Å²) in [4.78, 5) is 25.6. The zero-order chi connectivity index (χ0) is 20.5. The molecule has 1 saturated carbocycles. The number of carbonyl (C=O) groups excluding carboxylic acids is 2. The second kappa shape index (κ2) is 7.78. The number of fused-ring (bicyclic) bond motifs is 2. The van der Waals surface area contributed by atoms with Gasteiger partial charge in [0.2, 0.25) is 13.6 Å². The van der Waals surface area contributed by atoms with Crippen LogP contribution in [-0.4, -0.2) is 37.5 Å². The van der Waals surface area contributed by atoms with Crippen LogP contribution in [0.2, 0.25) is 0 Å². The van der Waals surface area contributed by atoms with Crippen LogP contribution in [-0.2, 0) is 0 Å². The van der Waals surface area contributed by atoms with Crippen molar-refractivity contribution in [3.63, 3.8) is 0 Å². The summed E-state index contributed by atoms with van der Waals surface area (Å²) in [5.41, 5.74) is 1.01. The van der Waals surface area contributed by atoms with E-state index in [1.807, 2.05) is 0 Å². The number of carbonyl (C=O) groups is 2. The molecule has 0 spiro atoms. The van der Waals surface area contributed by atoms with Crippen LogP contribution in [0.25, 0.3) is 0 Å². The van der Waals surface area contributed by atoms with Gasteiger partial charge in [-0.15, -0.1) is 0 Å². The summed E-state index contributed by atoms with van der Waals surface area (Å²) in [6, 6.07) is 9.97. The van der Waals surface area contributed by atoms with Gasteiger partial charge in [0.1, 0.15) is 0 Å². The second-order valence-electron chi connectivity index (χ2n) is 7.58. The normalized spacial score (nSPS) is 21.2. The van der Waals surface area contributed by atoms with E-state index < -0.39 is 0 Å². The van der Waals surface area contributed by atoms with Gasteiger partial charge in [-0.3, -0.25) is 9.59 Å². The summed E-state index contributed by atoms with van der Waals surface area (Å²) in [6.45, 7) is 0.327. The fourth-order valence-electron chi connectivity index (χ4n) is 4.06. The van der Waals surface area contributed by atoms with Gasteiger partial charge in [-0.25, -0.2) is 0 Å². The lowest BCUT2D eigenvalue weighted by Crippen LogP contribution is -2.53. The summed E-state index contributed by atoms with van der Waals surface area (Å²) in [5.74, 6) is 2.03. The maximum Gasteiger partial charge on any atom is 0.251 e. The van der Waals surface area contributed by atoms with Crippen LogP contribution < -0.4 is 29.6 Å². The largest absolute Gasteiger partial charge is 0.454 e. The summed E-state index contributed by atoms with van der Waals surface area (Å²) < 4.78 is 21.3. The van der Waals surface area contributed by atoms with Gasteiger partial charge < -0.3 is 29.6 Å². The van der Waals surface area contributed by atoms with Crippen molar-refractivity contribution < 1.29 is 28.5 Å². The van der Waals surface area contributed by atoms with Crippen molar-refractivity contribution in [2.24, 2.45) is 0 Å². The van der Waals surface area contributed by atoms with E-state index in [1.165, 1.54) is 0 Å². The van der Waals surface area contributed by atoms with E-state index in [-0.39, 0.29) is 37.5 Å². The van der Waals surface area contributed by atoms with E-state index in [0.29, 0.717) is 34.1 Å². The van der Waals surface area contributed by atoms with Crippen molar-refractivity contribution in [1.29, 1.82) is 0 Å². The SMILES string of the molecule is O=C(N[C@H]1CCCC[C@H]1NC(=O)c1ccc2c(c1)OCO2)c1ccc2c(c1)OCO2. The molecule has 2 N–H and O–H groups in total. The van der Waals surface area contributed by atoms with Gasteiger partial charge in [0.25, 0.3) is 11.8 Å². The van der Waals surface area contributed by atoms with Crippen LogP contribution in [0.3, 0.4) is 0 Å². The van der Waals surface area contributed by atoms with Gasteiger partial charge in [0, 0.05) is 23.2 Å². The fraction of sp³-hybridized carbons (Fsp3) is 0.364. The zero-order valence-electron chi connectivity index (χ0n) is 16.3. The lowest BCUT2D eigenvalue weighted by molar-refractivity contribution is 0.0862. The standard InChI is InChI=1S/C22H22N2O6/c25-21(13-5-7-17-19(9-13)29-11-27-17)23-15-3-1-2-4-16(15)24-22(26)14-6-8-18-20(10-14)30-12-28-18/h5-10,15-16H,1-4,11-12H2,(H,23,25)(H,24,26)/t15-,16+. The minimum absolute atomic E-state index is 0.144. The Bertz CT molecular complexity index is 912. The Balaban J connectivity index is 1.26. The topological polar surface area (TPSA) is 95.1 Å². The smallest absolute Gasteiger partial charge is 0.251 e. The second-order valence-corrected chi connectivity index (χ2v) is 7.58. The third kappa shape index (κ3) is 3.60. The number of benzene rings is 2. The monoisotopic (exact) mass is 410 g/mol. The highest BCUT2D eigenvalue weighted by molar-refractivity contribution is 5.96. The Kier molecular flexibility index (Phi) is 4.82. The zero-order valence-corrected chi connectivity index (χ0v) is 16.3. The Labute approximate surface area is 173 Å². The fourth-order valence-corrected chi connectivity index (χ4v) is 4.06. The van der Waals surface area contributed by atoms with Gasteiger partial charge in [0.05, 0.1) is 0 Å². The molecule has 0 saturated heterocycles. The van der Waals surface area contributed by atoms with Gasteiger partial charge >= 0.3 is 0 Å². The highest BCUT2D eigenvalue weighted by Gasteiger charge is 2.29. The minimum Gasteiger partial charge on any atom is -0.454 e. The molecule has 8 nitrogen and oxygen atoms in total. The predicted octanol–water partition coefficient (Wildman–Crippen LogP) is 2.62. The molecule has 1 fully saturated rings. The van der Waals surface area contributed by atoms with Gasteiger partial charge in [-0.1, -0.05) is 12.8 Å². The number of rotatable bonds is 4. The molecule has 3 aliphatic rings. The summed E-state index contributed by atoms with van der Waals surface area (Å²) in [7, 11) is 0. The van der Waals surface area contributed by atoms with E-state index >= 15 is 0 Å². The lowest BCUT2D eigenvalue weighted by Gasteiger charge is -2.33. The third-order valence-electron chi connectivity index (χ3n) is 5.67. The average Bonchev–Trinajstić information content (AvgIpc) is 3.43. The molecule has 0 unspecified atom stereocenters. The quantitative estimate of drug-likeness (QED) is 0.805. The molecular weight excluding hydrogens is 388 g/mol. The van der Waals surface area contributed by atoms with E-state index in [4.69, 9.17) is 18.9 Å². The van der Waals surface area contributed by atoms with Crippen molar-refractivity contribution in [1.82, 2.24) is 10.6 Å². The lowest BCUT2D eigenvalue weighted by atomic mass is 9.89. The minimum atomic E-state index is -0.192. The molecule has 2 heterocycles. The highest BCUT2D eigenvalue weighted by atomic mass is 16.7. The van der Waals surface area contributed by atoms with Gasteiger partial charge in [-0.05, 0) is 49.2 Å². The van der Waals surface area contributed by atoms with Crippen LogP contribution in [0.15, 0.2) is 36.4 Å². The number of hydrogen-bond acceptors (Lipinski definition) is 6. The maximum atomic E-state index is 12.8. The molecule has 156 valence electrons. The molecular formula is C22H22N2O6. The molecule has 2 amide bonds. The molecule has 8 heteroatoms. The van der Waals surface area contributed by atoms with Crippen LogP contribution >= 0.6 is 0 Å². The molecule has 0 aromatic heterocycles. The molecule has 2 aromatic carbocycles. The van der Waals surface area contributed by atoms with Crippen LogP contribution in [0.5, 0.6) is 23.0 Å². The van der Waals surface area contributed by atoms with E-state index in [1.54, 1.807) is 36.4 Å². The first-order valence-corrected chi connectivity index (χ1v) is 10.1. The first-order chi connectivity index (χ1) is 14.7. The average molecular weight is 410 g/mol. The number of nitrogens with one attached hydrogen (secondary N) is 2. The molecule has 30 heavy (non-hydrogen) atoms. The van der Waals surface area contributed by atoms with Crippen molar-refractivity contribution >= 4 is 11.8 Å². The predicted molar refractivity (Wildman–Crippen MR) is 106 cm³/mol. The molecule has 0 radical (unpaired) electrons. The Morgan fingerprint density at radius 2 is 1.10 bits per heavy atom. The third-order valence-corrected chi connectivity index (χ3v) is 5.67. The summed E-state index contributed by atoms with van der Waals surface area (Å²) in [5, 5.41) is 6.16. The van der Waals surface area contributed by atoms with Gasteiger partial charge in [0.15, 0.2) is 23.0 Å². The summed E-state index contributed by atoms with van der Waals surface area (Å²) >= 11 is 0. The maximum absolute atomic E-state index is 12.8. The summed E-state index contributed by atoms with van der Waals surface area (Å²) in [6.07, 6.45) is 3.62. The molecule has 5 rings (SSSR count). The van der Waals surface area contributed by atoms with Crippen LogP contribution in [0.1, 0.15) is 46.4 Å². The van der Waals surface area contributed by atoms with Gasteiger partial charge in [-0.2, -0.15) is 0 Å². The van der Waals surface area contributed by atoms with Crippen LogP contribution in [0.4, 0.5) is 0 Å². The first-order valence-electron chi connectivity index (χ1n) is 10.1. The first kappa shape index (κ1) is 18.6. The van der Waals surface area contributed by atoms with Crippen LogP contribution in [0, 0.1) is 0 Å². The molecule has 2 aliphatic heterocycles. The number of ether oxygens (including phenoxy) is 4. The Morgan fingerprint density at radius 3 is 1.57 bits per heavy atom. The van der Waals surface area contributed by atoms with E-state index in [0.717, 1.165) is 25.7 Å².